The molecule has 1 amide bonds. The first kappa shape index (κ1) is 17.8. The minimum Gasteiger partial charge on any atom is -0.465 e. The van der Waals surface area contributed by atoms with Gasteiger partial charge in [-0.25, -0.2) is 18.6 Å². The van der Waals surface area contributed by atoms with Crippen molar-refractivity contribution >= 4 is 23.1 Å². The highest BCUT2D eigenvalue weighted by molar-refractivity contribution is 7.10. The van der Waals surface area contributed by atoms with Crippen LogP contribution in [0, 0.1) is 11.6 Å². The predicted octanol–water partition coefficient (Wildman–Crippen LogP) is 4.14. The Hall–Kier alpha value is -2.55. The smallest absolute Gasteiger partial charge is 0.407 e. The van der Waals surface area contributed by atoms with Gasteiger partial charge in [-0.3, -0.25) is 0 Å². The molecule has 2 aliphatic heterocycles. The van der Waals surface area contributed by atoms with E-state index in [-0.39, 0.29) is 17.9 Å². The lowest BCUT2D eigenvalue weighted by Crippen LogP contribution is -2.36. The van der Waals surface area contributed by atoms with Crippen LogP contribution < -0.4 is 0 Å². The van der Waals surface area contributed by atoms with Gasteiger partial charge >= 0.3 is 6.09 Å². The van der Waals surface area contributed by atoms with Crippen LogP contribution in [0.1, 0.15) is 47.5 Å². The van der Waals surface area contributed by atoms with E-state index in [9.17, 15) is 13.6 Å². The summed E-state index contributed by atoms with van der Waals surface area (Å²) in [7, 11) is 0. The Morgan fingerprint density at radius 3 is 2.63 bits per heavy atom. The van der Waals surface area contributed by atoms with E-state index in [4.69, 9.17) is 9.94 Å². The highest BCUT2D eigenvalue weighted by Gasteiger charge is 2.31. The van der Waals surface area contributed by atoms with E-state index >= 15 is 0 Å². The van der Waals surface area contributed by atoms with Gasteiger partial charge in [-0.15, -0.1) is 11.3 Å². The molecule has 4 rings (SSSR count). The average molecular weight is 393 g/mol. The number of rotatable bonds is 3. The van der Waals surface area contributed by atoms with Crippen LogP contribution >= 0.6 is 11.3 Å². The standard InChI is InChI=1S/C18H17F2N3O3S/c19-11-2-1-3-12(20)16(11)15-8-13(22-26-15)14-9-27-17(21-14)10-4-6-23(7-5-10)18(24)25/h1-3,9-10,15H,4-8H2,(H,24,25). The zero-order chi connectivity index (χ0) is 19.0. The molecular formula is C18H17F2N3O3S. The fraction of sp³-hybridized carbons (Fsp3) is 0.389. The zero-order valence-corrected chi connectivity index (χ0v) is 15.1. The molecular weight excluding hydrogens is 376 g/mol. The molecule has 1 fully saturated rings. The van der Waals surface area contributed by atoms with Gasteiger partial charge in [0, 0.05) is 30.8 Å². The molecule has 0 spiro atoms. The second kappa shape index (κ2) is 7.22. The number of carboxylic acid groups (broad SMARTS) is 1. The molecule has 9 heteroatoms. The van der Waals surface area contributed by atoms with Crippen molar-refractivity contribution in [2.24, 2.45) is 5.16 Å². The van der Waals surface area contributed by atoms with E-state index in [2.05, 4.69) is 10.1 Å². The molecule has 27 heavy (non-hydrogen) atoms. The lowest BCUT2D eigenvalue weighted by atomic mass is 9.98. The third-order valence-corrected chi connectivity index (χ3v) is 5.93. The van der Waals surface area contributed by atoms with Crippen LogP contribution in [0.4, 0.5) is 13.6 Å². The number of nitrogens with zero attached hydrogens (tertiary/aromatic N) is 3. The third-order valence-electron chi connectivity index (χ3n) is 4.92. The van der Waals surface area contributed by atoms with Crippen molar-refractivity contribution in [3.63, 3.8) is 0 Å². The average Bonchev–Trinajstić information content (AvgIpc) is 3.31. The molecule has 1 N–H and O–H groups in total. The molecule has 0 saturated carbocycles. The Bertz CT molecular complexity index is 873. The third kappa shape index (κ3) is 3.51. The van der Waals surface area contributed by atoms with Crippen LogP contribution in [-0.2, 0) is 4.84 Å². The quantitative estimate of drug-likeness (QED) is 0.850. The van der Waals surface area contributed by atoms with Gasteiger partial charge in [-0.05, 0) is 25.0 Å². The maximum Gasteiger partial charge on any atom is 0.407 e. The normalized spacial score (nSPS) is 20.4. The summed E-state index contributed by atoms with van der Waals surface area (Å²) < 4.78 is 27.9. The van der Waals surface area contributed by atoms with Crippen LogP contribution in [-0.4, -0.2) is 39.9 Å². The van der Waals surface area contributed by atoms with Crippen molar-refractivity contribution in [3.05, 3.63) is 51.5 Å². The van der Waals surface area contributed by atoms with Crippen molar-refractivity contribution in [1.82, 2.24) is 9.88 Å². The van der Waals surface area contributed by atoms with Crippen molar-refractivity contribution in [3.8, 4) is 0 Å². The maximum absolute atomic E-state index is 13.9. The van der Waals surface area contributed by atoms with Gasteiger partial charge in [0.1, 0.15) is 17.3 Å². The van der Waals surface area contributed by atoms with Gasteiger partial charge in [0.2, 0.25) is 0 Å². The molecule has 1 aromatic carbocycles. The Balaban J connectivity index is 1.43. The van der Waals surface area contributed by atoms with E-state index in [1.54, 1.807) is 0 Å². The fourth-order valence-electron chi connectivity index (χ4n) is 3.43. The number of aromatic nitrogens is 1. The first-order valence-electron chi connectivity index (χ1n) is 8.63. The second-order valence-electron chi connectivity index (χ2n) is 6.59. The van der Waals surface area contributed by atoms with Gasteiger partial charge < -0.3 is 14.8 Å². The Kier molecular flexibility index (Phi) is 4.77. The molecule has 1 aromatic heterocycles. The molecule has 1 saturated heterocycles. The van der Waals surface area contributed by atoms with Gasteiger partial charge in [-0.1, -0.05) is 11.2 Å². The second-order valence-corrected chi connectivity index (χ2v) is 7.48. The molecule has 1 unspecified atom stereocenters. The van der Waals surface area contributed by atoms with E-state index in [1.165, 1.54) is 34.4 Å². The van der Waals surface area contributed by atoms with Gasteiger partial charge in [-0.2, -0.15) is 0 Å². The van der Waals surface area contributed by atoms with Gasteiger partial charge in [0.15, 0.2) is 6.10 Å². The first-order chi connectivity index (χ1) is 13.0. The summed E-state index contributed by atoms with van der Waals surface area (Å²) >= 11 is 1.49. The SMILES string of the molecule is O=C(O)N1CCC(c2nc(C3=NOC(c4c(F)cccc4F)C3)cs2)CC1. The summed E-state index contributed by atoms with van der Waals surface area (Å²) in [6.45, 7) is 0.987. The van der Waals surface area contributed by atoms with Gasteiger partial charge in [0.05, 0.1) is 16.3 Å². The van der Waals surface area contributed by atoms with Crippen molar-refractivity contribution in [2.75, 3.05) is 13.1 Å². The molecule has 0 radical (unpaired) electrons. The number of hydrogen-bond acceptors (Lipinski definition) is 5. The van der Waals surface area contributed by atoms with Crippen molar-refractivity contribution < 1.29 is 23.5 Å². The number of amides is 1. The molecule has 2 aliphatic rings. The number of carbonyl (C=O) groups is 1. The fourth-order valence-corrected chi connectivity index (χ4v) is 4.43. The summed E-state index contributed by atoms with van der Waals surface area (Å²) in [5.41, 5.74) is 1.09. The van der Waals surface area contributed by atoms with E-state index in [1.807, 2.05) is 5.38 Å². The van der Waals surface area contributed by atoms with Crippen LogP contribution in [0.2, 0.25) is 0 Å². The topological polar surface area (TPSA) is 75.0 Å². The number of hydrogen-bond donors (Lipinski definition) is 1. The summed E-state index contributed by atoms with van der Waals surface area (Å²) in [5.74, 6) is -1.09. The van der Waals surface area contributed by atoms with Crippen LogP contribution in [0.3, 0.4) is 0 Å². The summed E-state index contributed by atoms with van der Waals surface area (Å²) in [4.78, 5) is 22.3. The highest BCUT2D eigenvalue weighted by atomic mass is 32.1. The lowest BCUT2D eigenvalue weighted by molar-refractivity contribution is 0.0800. The minimum atomic E-state index is -0.892. The highest BCUT2D eigenvalue weighted by Crippen LogP contribution is 2.35. The number of thiazole rings is 1. The first-order valence-corrected chi connectivity index (χ1v) is 9.51. The largest absolute Gasteiger partial charge is 0.465 e. The van der Waals surface area contributed by atoms with Gasteiger partial charge in [0.25, 0.3) is 0 Å². The monoisotopic (exact) mass is 393 g/mol. The number of oxime groups is 1. The summed E-state index contributed by atoms with van der Waals surface area (Å²) in [6, 6.07) is 3.71. The van der Waals surface area contributed by atoms with Crippen molar-refractivity contribution in [1.29, 1.82) is 0 Å². The summed E-state index contributed by atoms with van der Waals surface area (Å²) in [5, 5.41) is 15.8. The lowest BCUT2D eigenvalue weighted by Gasteiger charge is -2.28. The van der Waals surface area contributed by atoms with E-state index in [0.29, 0.717) is 24.5 Å². The number of piperidine rings is 1. The maximum atomic E-state index is 13.9. The Morgan fingerprint density at radius 1 is 1.26 bits per heavy atom. The number of likely N-dealkylation sites (tertiary alicyclic amines) is 1. The van der Waals surface area contributed by atoms with Crippen LogP contribution in [0.15, 0.2) is 28.7 Å². The Labute approximate surface area is 158 Å². The van der Waals surface area contributed by atoms with E-state index in [0.717, 1.165) is 17.8 Å². The molecule has 0 bridgehead atoms. The van der Waals surface area contributed by atoms with Crippen molar-refractivity contribution in [2.45, 2.75) is 31.3 Å². The van der Waals surface area contributed by atoms with E-state index < -0.39 is 23.8 Å². The molecule has 0 aliphatic carbocycles. The molecule has 6 nitrogen and oxygen atoms in total. The number of halogens is 2. The summed E-state index contributed by atoms with van der Waals surface area (Å²) in [6.07, 6.45) is 0.0111. The molecule has 2 aromatic rings. The Morgan fingerprint density at radius 2 is 1.96 bits per heavy atom. The molecule has 3 heterocycles. The van der Waals surface area contributed by atoms with Crippen LogP contribution in [0.5, 0.6) is 0 Å². The predicted molar refractivity (Wildman–Crippen MR) is 95.0 cm³/mol. The zero-order valence-electron chi connectivity index (χ0n) is 14.3. The number of benzene rings is 1. The minimum absolute atomic E-state index is 0.118. The van der Waals surface area contributed by atoms with Crippen LogP contribution in [0.25, 0.3) is 0 Å². The molecule has 142 valence electrons. The molecule has 1 atom stereocenters.